The molecule has 0 unspecified atom stereocenters. The summed E-state index contributed by atoms with van der Waals surface area (Å²) in [6, 6.07) is 9.44. The Morgan fingerprint density at radius 1 is 1.22 bits per heavy atom. The lowest BCUT2D eigenvalue weighted by molar-refractivity contribution is 0.102. The normalized spacial score (nSPS) is 11.4. The lowest BCUT2D eigenvalue weighted by Gasteiger charge is -2.16. The van der Waals surface area contributed by atoms with E-state index in [-0.39, 0.29) is 10.8 Å². The van der Waals surface area contributed by atoms with Gasteiger partial charge >= 0.3 is 0 Å². The largest absolute Gasteiger partial charge is 0.322 e. The fraction of sp³-hybridized carbons (Fsp3) is 0.250. The van der Waals surface area contributed by atoms with Crippen molar-refractivity contribution in [3.63, 3.8) is 0 Å². The van der Waals surface area contributed by atoms with Crippen LogP contribution in [0.25, 0.3) is 0 Å². The molecule has 1 aromatic heterocycles. The number of pyridine rings is 1. The van der Waals surface area contributed by atoms with Crippen molar-refractivity contribution in [1.82, 2.24) is 9.29 Å². The summed E-state index contributed by atoms with van der Waals surface area (Å²) in [7, 11) is -1.94. The van der Waals surface area contributed by atoms with E-state index in [1.165, 1.54) is 22.6 Å². The molecule has 1 aromatic carbocycles. The summed E-state index contributed by atoms with van der Waals surface area (Å²) in [4.78, 5) is 16.1. The zero-order valence-corrected chi connectivity index (χ0v) is 13.9. The number of aromatic nitrogens is 1. The summed E-state index contributed by atoms with van der Waals surface area (Å²) in [5.74, 6) is -0.295. The van der Waals surface area contributed by atoms with Crippen LogP contribution >= 0.6 is 0 Å². The van der Waals surface area contributed by atoms with Crippen LogP contribution in [0.4, 0.5) is 5.69 Å². The first kappa shape index (κ1) is 17.1. The fourth-order valence-corrected chi connectivity index (χ4v) is 3.29. The molecule has 7 heteroatoms. The molecule has 0 atom stereocenters. The molecule has 2 aromatic rings. The molecule has 2 rings (SSSR count). The Kier molecular flexibility index (Phi) is 5.46. The molecular formula is C16H19N3O3S. The monoisotopic (exact) mass is 333 g/mol. The van der Waals surface area contributed by atoms with Crippen LogP contribution in [0.15, 0.2) is 53.7 Å². The smallest absolute Gasteiger partial charge is 0.257 e. The summed E-state index contributed by atoms with van der Waals surface area (Å²) in [6.07, 6.45) is 3.80. The van der Waals surface area contributed by atoms with Gasteiger partial charge in [-0.05, 0) is 42.8 Å². The maximum atomic E-state index is 12.3. The number of nitrogens with zero attached hydrogens (tertiary/aromatic N) is 2. The zero-order valence-electron chi connectivity index (χ0n) is 13.1. The van der Waals surface area contributed by atoms with Gasteiger partial charge in [-0.2, -0.15) is 0 Å². The first-order valence-corrected chi connectivity index (χ1v) is 8.67. The van der Waals surface area contributed by atoms with Crippen molar-refractivity contribution in [2.75, 3.05) is 18.9 Å². The Hall–Kier alpha value is -2.25. The third kappa shape index (κ3) is 4.14. The maximum absolute atomic E-state index is 12.3. The number of nitrogens with one attached hydrogen (secondary N) is 1. The number of benzene rings is 1. The number of hydrogen-bond donors (Lipinski definition) is 1. The second-order valence-electron chi connectivity index (χ2n) is 5.05. The first-order valence-electron chi connectivity index (χ1n) is 7.23. The first-order chi connectivity index (χ1) is 10.9. The molecule has 0 fully saturated rings. The van der Waals surface area contributed by atoms with Crippen molar-refractivity contribution in [1.29, 1.82) is 0 Å². The van der Waals surface area contributed by atoms with Crippen molar-refractivity contribution in [2.24, 2.45) is 0 Å². The van der Waals surface area contributed by atoms with Gasteiger partial charge in [0.25, 0.3) is 5.91 Å². The molecule has 1 N–H and O–H groups in total. The molecule has 0 aliphatic rings. The van der Waals surface area contributed by atoms with Crippen LogP contribution in [0.2, 0.25) is 0 Å². The van der Waals surface area contributed by atoms with Crippen molar-refractivity contribution < 1.29 is 13.2 Å². The predicted molar refractivity (Wildman–Crippen MR) is 88.7 cm³/mol. The summed E-state index contributed by atoms with van der Waals surface area (Å²) < 4.78 is 25.9. The molecule has 122 valence electrons. The van der Waals surface area contributed by atoms with Crippen LogP contribution in [-0.4, -0.2) is 37.2 Å². The van der Waals surface area contributed by atoms with Gasteiger partial charge in [-0.15, -0.1) is 0 Å². The minimum Gasteiger partial charge on any atom is -0.322 e. The fourth-order valence-electron chi connectivity index (χ4n) is 2.03. The number of hydrogen-bond acceptors (Lipinski definition) is 4. The van der Waals surface area contributed by atoms with E-state index >= 15 is 0 Å². The lowest BCUT2D eigenvalue weighted by atomic mass is 10.2. The molecule has 0 radical (unpaired) electrons. The van der Waals surface area contributed by atoms with E-state index in [1.807, 2.05) is 6.92 Å². The van der Waals surface area contributed by atoms with Gasteiger partial charge in [-0.3, -0.25) is 9.78 Å². The third-order valence-electron chi connectivity index (χ3n) is 3.28. The van der Waals surface area contributed by atoms with Crippen molar-refractivity contribution >= 4 is 21.6 Å². The Morgan fingerprint density at radius 2 is 1.91 bits per heavy atom. The number of amides is 1. The highest BCUT2D eigenvalue weighted by molar-refractivity contribution is 7.89. The van der Waals surface area contributed by atoms with Gasteiger partial charge in [-0.25, -0.2) is 12.7 Å². The molecule has 1 heterocycles. The number of rotatable bonds is 6. The van der Waals surface area contributed by atoms with Gasteiger partial charge in [0.1, 0.15) is 0 Å². The Bertz CT molecular complexity index is 759. The summed E-state index contributed by atoms with van der Waals surface area (Å²) in [6.45, 7) is 2.38. The van der Waals surface area contributed by atoms with Gasteiger partial charge < -0.3 is 5.32 Å². The van der Waals surface area contributed by atoms with Gasteiger partial charge in [0.05, 0.1) is 10.5 Å². The van der Waals surface area contributed by atoms with E-state index in [9.17, 15) is 13.2 Å². The maximum Gasteiger partial charge on any atom is 0.257 e. The van der Waals surface area contributed by atoms with Gasteiger partial charge in [0.2, 0.25) is 10.0 Å². The highest BCUT2D eigenvalue weighted by atomic mass is 32.2. The average Bonchev–Trinajstić information content (AvgIpc) is 2.56. The van der Waals surface area contributed by atoms with Crippen molar-refractivity contribution in [3.8, 4) is 0 Å². The Morgan fingerprint density at radius 3 is 2.48 bits per heavy atom. The second-order valence-corrected chi connectivity index (χ2v) is 7.09. The van der Waals surface area contributed by atoms with Crippen LogP contribution in [-0.2, 0) is 10.0 Å². The number of sulfonamides is 1. The quantitative estimate of drug-likeness (QED) is 0.880. The summed E-state index contributed by atoms with van der Waals surface area (Å²) >= 11 is 0. The molecule has 23 heavy (non-hydrogen) atoms. The SMILES string of the molecule is CCCN(C)S(=O)(=O)c1ccc(NC(=O)c2cccnc2)cc1. The third-order valence-corrected chi connectivity index (χ3v) is 5.15. The van der Waals surface area contributed by atoms with Gasteiger partial charge in [0.15, 0.2) is 0 Å². The van der Waals surface area contributed by atoms with E-state index in [0.717, 1.165) is 6.42 Å². The van der Waals surface area contributed by atoms with Crippen LogP contribution in [0.3, 0.4) is 0 Å². The van der Waals surface area contributed by atoms with Gasteiger partial charge in [-0.1, -0.05) is 6.92 Å². The Labute approximate surface area is 136 Å². The summed E-state index contributed by atoms with van der Waals surface area (Å²) in [5, 5.41) is 2.70. The molecule has 6 nitrogen and oxygen atoms in total. The highest BCUT2D eigenvalue weighted by Crippen LogP contribution is 2.18. The van der Waals surface area contributed by atoms with E-state index in [4.69, 9.17) is 0 Å². The predicted octanol–water partition coefficient (Wildman–Crippen LogP) is 2.36. The molecule has 0 saturated heterocycles. The topological polar surface area (TPSA) is 79.4 Å². The van der Waals surface area contributed by atoms with Crippen LogP contribution in [0, 0.1) is 0 Å². The van der Waals surface area contributed by atoms with E-state index < -0.39 is 10.0 Å². The zero-order chi connectivity index (χ0) is 16.9. The van der Waals surface area contributed by atoms with E-state index in [2.05, 4.69) is 10.3 Å². The standard InChI is InChI=1S/C16H19N3O3S/c1-3-11-19(2)23(21,22)15-8-6-14(7-9-15)18-16(20)13-5-4-10-17-12-13/h4-10,12H,3,11H2,1-2H3,(H,18,20). The Balaban J connectivity index is 2.12. The van der Waals surface area contributed by atoms with Crippen molar-refractivity contribution in [3.05, 3.63) is 54.4 Å². The van der Waals surface area contributed by atoms with Crippen LogP contribution in [0.5, 0.6) is 0 Å². The molecule has 0 spiro atoms. The van der Waals surface area contributed by atoms with Gasteiger partial charge in [0, 0.05) is 31.7 Å². The average molecular weight is 333 g/mol. The summed E-state index contributed by atoms with van der Waals surface area (Å²) in [5.41, 5.74) is 0.961. The molecule has 0 saturated carbocycles. The van der Waals surface area contributed by atoms with E-state index in [1.54, 1.807) is 37.5 Å². The second kappa shape index (κ2) is 7.34. The number of carbonyl (C=O) groups excluding carboxylic acids is 1. The molecule has 0 aliphatic carbocycles. The molecular weight excluding hydrogens is 314 g/mol. The minimum absolute atomic E-state index is 0.202. The molecule has 0 aliphatic heterocycles. The molecule has 0 bridgehead atoms. The number of anilines is 1. The lowest BCUT2D eigenvalue weighted by Crippen LogP contribution is -2.27. The van der Waals surface area contributed by atoms with E-state index in [0.29, 0.717) is 17.8 Å². The minimum atomic E-state index is -3.49. The highest BCUT2D eigenvalue weighted by Gasteiger charge is 2.19. The van der Waals surface area contributed by atoms with Crippen LogP contribution in [0.1, 0.15) is 23.7 Å². The number of carbonyl (C=O) groups is 1. The van der Waals surface area contributed by atoms with Crippen LogP contribution < -0.4 is 5.32 Å². The van der Waals surface area contributed by atoms with Crippen molar-refractivity contribution in [2.45, 2.75) is 18.2 Å². The molecule has 1 amide bonds.